The molecular weight excluding hydrogens is 473 g/mol. The molecule has 0 spiro atoms. The van der Waals surface area contributed by atoms with Gasteiger partial charge in [-0.3, -0.25) is 9.59 Å². The van der Waals surface area contributed by atoms with Gasteiger partial charge in [-0.1, -0.05) is 24.0 Å². The Morgan fingerprint density at radius 3 is 2.62 bits per heavy atom. The number of carbonyl (C=O) groups is 2. The molecule has 182 valence electrons. The van der Waals surface area contributed by atoms with Gasteiger partial charge in [-0.05, 0) is 60.2 Å². The minimum Gasteiger partial charge on any atom is -0.508 e. The zero-order chi connectivity index (χ0) is 25.9. The number of fused-ring (bicyclic) bond motifs is 1. The average Bonchev–Trinajstić information content (AvgIpc) is 3.22. The maximum Gasteiger partial charge on any atom is 0.255 e. The van der Waals surface area contributed by atoms with Crippen molar-refractivity contribution in [1.29, 1.82) is 0 Å². The molecule has 0 bridgehead atoms. The number of amides is 2. The third-order valence-electron chi connectivity index (χ3n) is 5.84. The molecule has 1 aliphatic heterocycles. The van der Waals surface area contributed by atoms with Gasteiger partial charge in [-0.2, -0.15) is 0 Å². The fraction of sp³-hybridized carbons (Fsp3) is 0.0714. The predicted molar refractivity (Wildman–Crippen MR) is 135 cm³/mol. The van der Waals surface area contributed by atoms with Crippen molar-refractivity contribution in [1.82, 2.24) is 14.9 Å². The summed E-state index contributed by atoms with van der Waals surface area (Å²) in [6.45, 7) is 0.0833. The van der Waals surface area contributed by atoms with E-state index in [0.29, 0.717) is 28.1 Å². The van der Waals surface area contributed by atoms with Gasteiger partial charge in [0.25, 0.3) is 11.8 Å². The highest BCUT2D eigenvalue weighted by molar-refractivity contribution is 6.04. The SMILES string of the molecule is Nc1ccc(C#Cc2ccc3c(c2)C(=O)N([C@@H](C(=O)Nc2ccccn2)c2cc(F)ccc2O)C3)cn1. The van der Waals surface area contributed by atoms with E-state index in [2.05, 4.69) is 27.1 Å². The van der Waals surface area contributed by atoms with Crippen LogP contribution in [0.25, 0.3) is 0 Å². The van der Waals surface area contributed by atoms with Crippen LogP contribution in [0.4, 0.5) is 16.0 Å². The number of benzene rings is 2. The van der Waals surface area contributed by atoms with Crippen molar-refractivity contribution in [3.05, 3.63) is 113 Å². The Bertz CT molecular complexity index is 1560. The minimum absolute atomic E-state index is 0.0366. The monoisotopic (exact) mass is 493 g/mol. The lowest BCUT2D eigenvalue weighted by Gasteiger charge is -2.27. The Morgan fingerprint density at radius 1 is 1.05 bits per heavy atom. The second kappa shape index (κ2) is 9.79. The molecule has 2 aromatic carbocycles. The zero-order valence-corrected chi connectivity index (χ0v) is 19.4. The largest absolute Gasteiger partial charge is 0.508 e. The van der Waals surface area contributed by atoms with Gasteiger partial charge >= 0.3 is 0 Å². The molecule has 0 fully saturated rings. The molecule has 0 radical (unpaired) electrons. The summed E-state index contributed by atoms with van der Waals surface area (Å²) in [7, 11) is 0. The van der Waals surface area contributed by atoms with E-state index in [9.17, 15) is 19.1 Å². The summed E-state index contributed by atoms with van der Waals surface area (Å²) in [5, 5.41) is 13.1. The topological polar surface area (TPSA) is 121 Å². The molecule has 0 saturated carbocycles. The number of phenols is 1. The lowest BCUT2D eigenvalue weighted by Crippen LogP contribution is -2.37. The fourth-order valence-corrected chi connectivity index (χ4v) is 4.06. The first-order valence-electron chi connectivity index (χ1n) is 11.3. The lowest BCUT2D eigenvalue weighted by molar-refractivity contribution is -0.120. The van der Waals surface area contributed by atoms with Crippen molar-refractivity contribution >= 4 is 23.5 Å². The number of carbonyl (C=O) groups excluding carboxylic acids is 2. The Labute approximate surface area is 211 Å². The highest BCUT2D eigenvalue weighted by Gasteiger charge is 2.39. The van der Waals surface area contributed by atoms with Crippen LogP contribution in [0.2, 0.25) is 0 Å². The van der Waals surface area contributed by atoms with E-state index in [0.717, 1.165) is 18.2 Å². The van der Waals surface area contributed by atoms with Crippen LogP contribution in [-0.4, -0.2) is 31.8 Å². The summed E-state index contributed by atoms with van der Waals surface area (Å²) in [6, 6.07) is 15.5. The van der Waals surface area contributed by atoms with E-state index in [-0.39, 0.29) is 23.7 Å². The maximum absolute atomic E-state index is 14.2. The van der Waals surface area contributed by atoms with E-state index >= 15 is 0 Å². The summed E-state index contributed by atoms with van der Waals surface area (Å²) < 4.78 is 14.2. The quantitative estimate of drug-likeness (QED) is 0.373. The van der Waals surface area contributed by atoms with Crippen LogP contribution < -0.4 is 11.1 Å². The van der Waals surface area contributed by atoms with Crippen LogP contribution in [0.1, 0.15) is 38.7 Å². The number of hydrogen-bond acceptors (Lipinski definition) is 6. The van der Waals surface area contributed by atoms with Gasteiger partial charge in [0.2, 0.25) is 0 Å². The predicted octanol–water partition coefficient (Wildman–Crippen LogP) is 3.64. The van der Waals surface area contributed by atoms with E-state index in [1.807, 2.05) is 0 Å². The number of rotatable bonds is 4. The number of aromatic hydroxyl groups is 1. The van der Waals surface area contributed by atoms with Gasteiger partial charge < -0.3 is 21.1 Å². The third kappa shape index (κ3) is 4.94. The number of halogens is 1. The van der Waals surface area contributed by atoms with Crippen LogP contribution in [0.15, 0.2) is 79.1 Å². The molecule has 0 unspecified atom stereocenters. The van der Waals surface area contributed by atoms with Crippen molar-refractivity contribution in [2.75, 3.05) is 11.1 Å². The summed E-state index contributed by atoms with van der Waals surface area (Å²) in [5.41, 5.74) is 7.87. The number of nitrogens with one attached hydrogen (secondary N) is 1. The maximum atomic E-state index is 14.2. The number of nitrogens with two attached hydrogens (primary N) is 1. The third-order valence-corrected chi connectivity index (χ3v) is 5.84. The van der Waals surface area contributed by atoms with E-state index in [1.165, 1.54) is 11.1 Å². The van der Waals surface area contributed by atoms with Crippen molar-refractivity contribution in [3.8, 4) is 17.6 Å². The first-order chi connectivity index (χ1) is 17.9. The first-order valence-corrected chi connectivity index (χ1v) is 11.3. The van der Waals surface area contributed by atoms with Gasteiger partial charge in [-0.25, -0.2) is 14.4 Å². The number of aromatic nitrogens is 2. The Balaban J connectivity index is 1.48. The Kier molecular flexibility index (Phi) is 6.22. The minimum atomic E-state index is -1.31. The molecule has 2 amide bonds. The summed E-state index contributed by atoms with van der Waals surface area (Å²) in [5.74, 6) is 4.57. The number of phenolic OH excluding ortho intramolecular Hbond substituents is 1. The molecule has 1 aliphatic rings. The molecule has 3 heterocycles. The molecule has 4 aromatic rings. The molecule has 9 heteroatoms. The number of anilines is 2. The second-order valence-electron chi connectivity index (χ2n) is 8.34. The van der Waals surface area contributed by atoms with Gasteiger partial charge in [-0.15, -0.1) is 0 Å². The number of pyridine rings is 2. The Hall–Kier alpha value is -5.23. The second-order valence-corrected chi connectivity index (χ2v) is 8.34. The molecular formula is C28H20FN5O3. The number of nitrogen functional groups attached to an aromatic ring is 1. The van der Waals surface area contributed by atoms with Crippen LogP contribution >= 0.6 is 0 Å². The smallest absolute Gasteiger partial charge is 0.255 e. The van der Waals surface area contributed by atoms with Crippen LogP contribution in [0.3, 0.4) is 0 Å². The Morgan fingerprint density at radius 2 is 1.86 bits per heavy atom. The number of nitrogens with zero attached hydrogens (tertiary/aromatic N) is 3. The van der Waals surface area contributed by atoms with Crippen molar-refractivity contribution in [3.63, 3.8) is 0 Å². The van der Waals surface area contributed by atoms with Crippen molar-refractivity contribution in [2.45, 2.75) is 12.6 Å². The van der Waals surface area contributed by atoms with E-state index < -0.39 is 23.7 Å². The molecule has 5 rings (SSSR count). The van der Waals surface area contributed by atoms with Crippen LogP contribution in [-0.2, 0) is 11.3 Å². The highest BCUT2D eigenvalue weighted by atomic mass is 19.1. The first kappa shape index (κ1) is 23.5. The standard InChI is InChI=1S/C28H20FN5O3/c29-20-9-10-23(35)22(14-20)26(27(36)33-25-3-1-2-12-31-25)34-16-19-8-6-17(13-21(19)28(34)37)4-5-18-7-11-24(30)32-15-18/h1-3,6-15,26,35H,16H2,(H2,30,32)(H,31,33,36)/t26-/m1/s1. The fourth-order valence-electron chi connectivity index (χ4n) is 4.06. The van der Waals surface area contributed by atoms with E-state index in [4.69, 9.17) is 5.73 Å². The van der Waals surface area contributed by atoms with Gasteiger partial charge in [0.15, 0.2) is 0 Å². The summed E-state index contributed by atoms with van der Waals surface area (Å²) in [4.78, 5) is 36.3. The summed E-state index contributed by atoms with van der Waals surface area (Å²) >= 11 is 0. The van der Waals surface area contributed by atoms with Crippen molar-refractivity contribution < 1.29 is 19.1 Å². The molecule has 8 nitrogen and oxygen atoms in total. The molecule has 0 aliphatic carbocycles. The normalized spacial score (nSPS) is 12.9. The molecule has 37 heavy (non-hydrogen) atoms. The van der Waals surface area contributed by atoms with Gasteiger partial charge in [0.05, 0.1) is 0 Å². The van der Waals surface area contributed by atoms with Gasteiger partial charge in [0, 0.05) is 41.2 Å². The van der Waals surface area contributed by atoms with Crippen LogP contribution in [0, 0.1) is 17.7 Å². The molecule has 1 atom stereocenters. The zero-order valence-electron chi connectivity index (χ0n) is 19.4. The molecule has 2 aromatic heterocycles. The average molecular weight is 493 g/mol. The lowest BCUT2D eigenvalue weighted by atomic mass is 10.0. The molecule has 0 saturated heterocycles. The van der Waals surface area contributed by atoms with Crippen LogP contribution in [0.5, 0.6) is 5.75 Å². The number of hydrogen-bond donors (Lipinski definition) is 3. The van der Waals surface area contributed by atoms with Crippen molar-refractivity contribution in [2.24, 2.45) is 0 Å². The molecule has 4 N–H and O–H groups in total. The van der Waals surface area contributed by atoms with Gasteiger partial charge in [0.1, 0.15) is 29.2 Å². The summed E-state index contributed by atoms with van der Waals surface area (Å²) in [6.07, 6.45) is 3.06. The highest BCUT2D eigenvalue weighted by Crippen LogP contribution is 2.36. The van der Waals surface area contributed by atoms with E-state index in [1.54, 1.807) is 54.7 Å².